The lowest BCUT2D eigenvalue weighted by Gasteiger charge is -2.27. The topological polar surface area (TPSA) is 64.3 Å². The molecule has 0 amide bonds. The van der Waals surface area contributed by atoms with E-state index in [2.05, 4.69) is 6.07 Å². The Balaban J connectivity index is 2.57. The number of carbonyl (C=O) groups is 1. The molecular weight excluding hydrogens is 192 g/mol. The van der Waals surface area contributed by atoms with Gasteiger partial charge >= 0.3 is 5.97 Å². The largest absolute Gasteiger partial charge is 0.480 e. The minimum Gasteiger partial charge on any atom is -0.480 e. The molecule has 0 heterocycles. The van der Waals surface area contributed by atoms with E-state index >= 15 is 0 Å². The highest BCUT2D eigenvalue weighted by molar-refractivity contribution is 5.73. The first-order valence-electron chi connectivity index (χ1n) is 5.56. The van der Waals surface area contributed by atoms with E-state index in [0.29, 0.717) is 25.4 Å². The minimum atomic E-state index is -0.748. The van der Waals surface area contributed by atoms with Crippen LogP contribution in [0.15, 0.2) is 0 Å². The van der Waals surface area contributed by atoms with Crippen molar-refractivity contribution >= 4 is 5.97 Å². The molecule has 15 heavy (non-hydrogen) atoms. The lowest BCUT2D eigenvalue weighted by Crippen LogP contribution is -2.43. The first-order chi connectivity index (χ1) is 7.20. The van der Waals surface area contributed by atoms with E-state index < -0.39 is 12.0 Å². The molecule has 1 aliphatic rings. The van der Waals surface area contributed by atoms with Crippen LogP contribution >= 0.6 is 0 Å². The summed E-state index contributed by atoms with van der Waals surface area (Å²) in [5.41, 5.74) is 0. The van der Waals surface area contributed by atoms with Crippen LogP contribution in [0.5, 0.6) is 0 Å². The molecule has 0 aromatic carbocycles. The molecule has 84 valence electrons. The van der Waals surface area contributed by atoms with Crippen LogP contribution in [0.1, 0.15) is 39.0 Å². The third kappa shape index (κ3) is 3.52. The molecule has 0 spiro atoms. The number of aliphatic carboxylic acids is 1. The molecule has 0 aliphatic heterocycles. The minimum absolute atomic E-state index is 0.393. The van der Waals surface area contributed by atoms with Gasteiger partial charge in [-0.15, -0.1) is 0 Å². The molecule has 4 heteroatoms. The third-order valence-corrected chi connectivity index (χ3v) is 2.75. The van der Waals surface area contributed by atoms with E-state index in [-0.39, 0.29) is 0 Å². The van der Waals surface area contributed by atoms with E-state index in [1.807, 2.05) is 11.8 Å². The molecule has 1 unspecified atom stereocenters. The van der Waals surface area contributed by atoms with E-state index in [0.717, 1.165) is 19.3 Å². The second-order valence-corrected chi connectivity index (χ2v) is 4.02. The summed E-state index contributed by atoms with van der Waals surface area (Å²) in [6, 6.07) is 2.10. The lowest BCUT2D eigenvalue weighted by molar-refractivity contribution is -0.143. The molecule has 1 fully saturated rings. The summed E-state index contributed by atoms with van der Waals surface area (Å²) in [6.07, 6.45) is 4.13. The first kappa shape index (κ1) is 12.0. The van der Waals surface area contributed by atoms with Gasteiger partial charge in [-0.2, -0.15) is 5.26 Å². The molecule has 0 saturated heterocycles. The fourth-order valence-electron chi connectivity index (χ4n) is 1.88. The van der Waals surface area contributed by atoms with Crippen LogP contribution in [0.25, 0.3) is 0 Å². The van der Waals surface area contributed by atoms with Crippen LogP contribution in [0.2, 0.25) is 0 Å². The number of nitrogens with zero attached hydrogens (tertiary/aromatic N) is 2. The maximum absolute atomic E-state index is 11.1. The van der Waals surface area contributed by atoms with Crippen LogP contribution in [0, 0.1) is 11.3 Å². The van der Waals surface area contributed by atoms with Crippen molar-refractivity contribution in [1.82, 2.24) is 4.90 Å². The predicted molar refractivity (Wildman–Crippen MR) is 56.3 cm³/mol. The molecule has 0 radical (unpaired) electrons. The predicted octanol–water partition coefficient (Wildman–Crippen LogP) is 1.62. The van der Waals surface area contributed by atoms with Gasteiger partial charge in [-0.3, -0.25) is 9.69 Å². The van der Waals surface area contributed by atoms with Crippen LogP contribution in [0.3, 0.4) is 0 Å². The molecule has 0 aromatic heterocycles. The van der Waals surface area contributed by atoms with E-state index in [9.17, 15) is 4.79 Å². The zero-order chi connectivity index (χ0) is 11.3. The van der Waals surface area contributed by atoms with Gasteiger partial charge in [-0.25, -0.2) is 0 Å². The van der Waals surface area contributed by atoms with E-state index in [1.54, 1.807) is 0 Å². The molecule has 0 aromatic rings. The number of carboxylic acids is 1. The van der Waals surface area contributed by atoms with Crippen molar-refractivity contribution < 1.29 is 9.90 Å². The molecule has 1 atom stereocenters. The van der Waals surface area contributed by atoms with Gasteiger partial charge in [0.25, 0.3) is 0 Å². The van der Waals surface area contributed by atoms with E-state index in [4.69, 9.17) is 10.4 Å². The van der Waals surface area contributed by atoms with Gasteiger partial charge in [-0.05, 0) is 19.3 Å². The van der Waals surface area contributed by atoms with Crippen molar-refractivity contribution in [3.63, 3.8) is 0 Å². The van der Waals surface area contributed by atoms with Crippen molar-refractivity contribution in [1.29, 1.82) is 5.26 Å². The molecule has 1 rings (SSSR count). The Labute approximate surface area is 90.5 Å². The van der Waals surface area contributed by atoms with Gasteiger partial charge in [-0.1, -0.05) is 13.3 Å². The number of hydrogen-bond acceptors (Lipinski definition) is 3. The zero-order valence-corrected chi connectivity index (χ0v) is 9.15. The van der Waals surface area contributed by atoms with Gasteiger partial charge in [0, 0.05) is 19.0 Å². The highest BCUT2D eigenvalue weighted by Crippen LogP contribution is 2.30. The second kappa shape index (κ2) is 5.72. The molecular formula is C11H18N2O2. The summed E-state index contributed by atoms with van der Waals surface area (Å²) >= 11 is 0. The van der Waals surface area contributed by atoms with Crippen LogP contribution in [0.4, 0.5) is 0 Å². The van der Waals surface area contributed by atoms with Gasteiger partial charge in [0.1, 0.15) is 6.04 Å². The van der Waals surface area contributed by atoms with Crippen molar-refractivity contribution in [2.45, 2.75) is 51.1 Å². The highest BCUT2D eigenvalue weighted by Gasteiger charge is 2.36. The average Bonchev–Trinajstić information content (AvgIpc) is 3.00. The normalized spacial score (nSPS) is 17.4. The summed E-state index contributed by atoms with van der Waals surface area (Å²) < 4.78 is 0. The Hall–Kier alpha value is -1.08. The highest BCUT2D eigenvalue weighted by atomic mass is 16.4. The Bertz CT molecular complexity index is 256. The smallest absolute Gasteiger partial charge is 0.320 e. The standard InChI is InChI=1S/C11H18N2O2/c1-2-4-10(11(14)15)13(8-3-7-12)9-5-6-9/h9-10H,2-6,8H2,1H3,(H,14,15). The van der Waals surface area contributed by atoms with E-state index in [1.165, 1.54) is 0 Å². The Morgan fingerprint density at radius 3 is 2.73 bits per heavy atom. The van der Waals surface area contributed by atoms with Crippen LogP contribution < -0.4 is 0 Å². The molecule has 1 N–H and O–H groups in total. The lowest BCUT2D eigenvalue weighted by atomic mass is 10.1. The summed E-state index contributed by atoms with van der Waals surface area (Å²) in [5.74, 6) is -0.748. The fourth-order valence-corrected chi connectivity index (χ4v) is 1.88. The second-order valence-electron chi connectivity index (χ2n) is 4.02. The van der Waals surface area contributed by atoms with Gasteiger partial charge in [0.15, 0.2) is 0 Å². The SMILES string of the molecule is CCCC(C(=O)O)N(CCC#N)C1CC1. The number of carboxylic acid groups (broad SMARTS) is 1. The zero-order valence-electron chi connectivity index (χ0n) is 9.15. The van der Waals surface area contributed by atoms with Crippen molar-refractivity contribution in [3.05, 3.63) is 0 Å². The Kier molecular flexibility index (Phi) is 4.57. The maximum Gasteiger partial charge on any atom is 0.320 e. The third-order valence-electron chi connectivity index (χ3n) is 2.75. The van der Waals surface area contributed by atoms with Crippen LogP contribution in [-0.4, -0.2) is 34.6 Å². The fraction of sp³-hybridized carbons (Fsp3) is 0.818. The number of hydrogen-bond donors (Lipinski definition) is 1. The maximum atomic E-state index is 11.1. The summed E-state index contributed by atoms with van der Waals surface area (Å²) in [4.78, 5) is 13.1. The summed E-state index contributed by atoms with van der Waals surface area (Å²) in [6.45, 7) is 2.59. The van der Waals surface area contributed by atoms with Crippen molar-refractivity contribution in [3.8, 4) is 6.07 Å². The summed E-state index contributed by atoms with van der Waals surface area (Å²) in [7, 11) is 0. The number of rotatable bonds is 7. The average molecular weight is 210 g/mol. The van der Waals surface area contributed by atoms with Gasteiger partial charge < -0.3 is 5.11 Å². The monoisotopic (exact) mass is 210 g/mol. The molecule has 0 bridgehead atoms. The number of nitriles is 1. The van der Waals surface area contributed by atoms with Crippen molar-refractivity contribution in [2.75, 3.05) is 6.54 Å². The Morgan fingerprint density at radius 1 is 1.67 bits per heavy atom. The van der Waals surface area contributed by atoms with Gasteiger partial charge in [0.05, 0.1) is 6.07 Å². The van der Waals surface area contributed by atoms with Gasteiger partial charge in [0.2, 0.25) is 0 Å². The Morgan fingerprint density at radius 2 is 2.33 bits per heavy atom. The molecule has 4 nitrogen and oxygen atoms in total. The first-order valence-corrected chi connectivity index (χ1v) is 5.56. The molecule has 1 aliphatic carbocycles. The molecule has 1 saturated carbocycles. The quantitative estimate of drug-likeness (QED) is 0.693. The van der Waals surface area contributed by atoms with Crippen LogP contribution in [-0.2, 0) is 4.79 Å². The van der Waals surface area contributed by atoms with Crippen molar-refractivity contribution in [2.24, 2.45) is 0 Å². The summed E-state index contributed by atoms with van der Waals surface area (Å²) in [5, 5.41) is 17.7.